The van der Waals surface area contributed by atoms with E-state index >= 15 is 0 Å². The lowest BCUT2D eigenvalue weighted by Crippen LogP contribution is -2.48. The highest BCUT2D eigenvalue weighted by Crippen LogP contribution is 2.29. The van der Waals surface area contributed by atoms with Gasteiger partial charge in [-0.2, -0.15) is 0 Å². The van der Waals surface area contributed by atoms with E-state index in [4.69, 9.17) is 16.3 Å². The molecule has 150 valence electrons. The number of nitrogens with zero attached hydrogens (tertiary/aromatic N) is 1. The number of allylic oxidation sites excluding steroid dienone is 2. The first-order valence-corrected chi connectivity index (χ1v) is 9.95. The fourth-order valence-corrected chi connectivity index (χ4v) is 3.34. The largest absolute Gasteiger partial charge is 0.348 e. The normalized spacial score (nSPS) is 15.9. The third kappa shape index (κ3) is 5.43. The fraction of sp³-hybridized carbons (Fsp3) is 0.250. The first-order chi connectivity index (χ1) is 14.0. The van der Waals surface area contributed by atoms with Crippen molar-refractivity contribution < 1.29 is 14.3 Å². The van der Waals surface area contributed by atoms with Gasteiger partial charge in [-0.3, -0.25) is 4.79 Å². The van der Waals surface area contributed by atoms with Crippen LogP contribution in [0.25, 0.3) is 0 Å². The second kappa shape index (κ2) is 9.68. The first-order valence-electron chi connectivity index (χ1n) is 9.57. The summed E-state index contributed by atoms with van der Waals surface area (Å²) in [7, 11) is 1.91. The number of carbonyl (C=O) groups excluding carboxylic acids is 2. The van der Waals surface area contributed by atoms with Crippen LogP contribution in [0.4, 0.5) is 5.69 Å². The monoisotopic (exact) mass is 409 g/mol. The molecule has 1 aliphatic rings. The van der Waals surface area contributed by atoms with Crippen LogP contribution in [0.3, 0.4) is 0 Å². The Morgan fingerprint density at radius 1 is 1.07 bits per heavy atom. The summed E-state index contributed by atoms with van der Waals surface area (Å²) in [4.78, 5) is 25.3. The van der Waals surface area contributed by atoms with Crippen molar-refractivity contribution in [1.29, 1.82) is 0 Å². The summed E-state index contributed by atoms with van der Waals surface area (Å²) in [6.07, 6.45) is 8.85. The Bertz CT molecular complexity index is 874. The molecule has 1 unspecified atom stereocenters. The topological polar surface area (TPSA) is 46.6 Å². The summed E-state index contributed by atoms with van der Waals surface area (Å²) in [5.74, 6) is -0.341. The molecular weight excluding hydrogens is 386 g/mol. The molecule has 0 saturated carbocycles. The molecule has 0 aliphatic heterocycles. The summed E-state index contributed by atoms with van der Waals surface area (Å²) < 4.78 is 6.24. The van der Waals surface area contributed by atoms with Gasteiger partial charge in [0.25, 0.3) is 0 Å². The smallest absolute Gasteiger partial charge is 0.180 e. The first kappa shape index (κ1) is 21.0. The third-order valence-electron chi connectivity index (χ3n) is 5.08. The van der Waals surface area contributed by atoms with Crippen molar-refractivity contribution >= 4 is 29.4 Å². The van der Waals surface area contributed by atoms with Gasteiger partial charge in [-0.05, 0) is 67.0 Å². The minimum atomic E-state index is -0.920. The maximum atomic E-state index is 11.7. The van der Waals surface area contributed by atoms with E-state index in [0.717, 1.165) is 24.0 Å². The molecule has 29 heavy (non-hydrogen) atoms. The molecule has 0 bridgehead atoms. The molecule has 0 heterocycles. The molecule has 5 heteroatoms. The van der Waals surface area contributed by atoms with Crippen molar-refractivity contribution in [2.24, 2.45) is 5.92 Å². The average molecular weight is 410 g/mol. The number of aryl methyl sites for hydroxylation is 1. The van der Waals surface area contributed by atoms with Gasteiger partial charge in [0.05, 0.1) is 6.61 Å². The molecule has 0 amide bonds. The number of para-hydroxylation sites is 1. The van der Waals surface area contributed by atoms with Crippen molar-refractivity contribution in [3.63, 3.8) is 0 Å². The summed E-state index contributed by atoms with van der Waals surface area (Å²) in [5, 5.41) is 0.695. The second-order valence-electron chi connectivity index (χ2n) is 7.09. The van der Waals surface area contributed by atoms with Crippen LogP contribution in [0.1, 0.15) is 12.0 Å². The summed E-state index contributed by atoms with van der Waals surface area (Å²) in [5.41, 5.74) is 1.15. The standard InChI is InChI=1S/C24H24ClNO3/c1-26(22-5-3-2-4-6-22)24(15-13-23(28)14-16-24)29-18-20(17-27)8-7-19-9-11-21(25)12-10-19/h2-6,9-17,20H,7-8,18H2,1H3. The summed E-state index contributed by atoms with van der Waals surface area (Å²) in [6.45, 7) is 0.247. The van der Waals surface area contributed by atoms with Crippen LogP contribution in [0, 0.1) is 5.92 Å². The molecule has 0 aromatic heterocycles. The van der Waals surface area contributed by atoms with Crippen LogP contribution in [0.5, 0.6) is 0 Å². The van der Waals surface area contributed by atoms with E-state index in [1.165, 1.54) is 12.2 Å². The zero-order valence-corrected chi connectivity index (χ0v) is 17.1. The second-order valence-corrected chi connectivity index (χ2v) is 7.52. The Balaban J connectivity index is 1.69. The number of carbonyl (C=O) groups is 2. The number of halogens is 1. The van der Waals surface area contributed by atoms with Crippen molar-refractivity contribution in [2.75, 3.05) is 18.6 Å². The highest BCUT2D eigenvalue weighted by atomic mass is 35.5. The molecule has 1 aliphatic carbocycles. The Kier molecular flexibility index (Phi) is 7.02. The van der Waals surface area contributed by atoms with Gasteiger partial charge in [-0.25, -0.2) is 0 Å². The van der Waals surface area contributed by atoms with Gasteiger partial charge < -0.3 is 14.4 Å². The zero-order chi connectivity index (χ0) is 20.7. The molecule has 3 rings (SSSR count). The van der Waals surface area contributed by atoms with E-state index in [1.54, 1.807) is 12.2 Å². The van der Waals surface area contributed by atoms with E-state index in [0.29, 0.717) is 11.4 Å². The quantitative estimate of drug-likeness (QED) is 0.447. The maximum absolute atomic E-state index is 11.7. The van der Waals surface area contributed by atoms with Crippen molar-refractivity contribution in [3.05, 3.63) is 89.5 Å². The zero-order valence-electron chi connectivity index (χ0n) is 16.3. The predicted molar refractivity (Wildman–Crippen MR) is 116 cm³/mol. The van der Waals surface area contributed by atoms with Gasteiger partial charge in [0, 0.05) is 23.7 Å². The lowest BCUT2D eigenvalue weighted by molar-refractivity contribution is -0.115. The van der Waals surface area contributed by atoms with Gasteiger partial charge in [0.2, 0.25) is 0 Å². The molecule has 2 aromatic rings. The third-order valence-corrected chi connectivity index (χ3v) is 5.33. The van der Waals surface area contributed by atoms with Crippen LogP contribution in [0.15, 0.2) is 78.9 Å². The number of anilines is 1. The van der Waals surface area contributed by atoms with E-state index in [-0.39, 0.29) is 18.3 Å². The number of hydrogen-bond donors (Lipinski definition) is 0. The molecular formula is C24H24ClNO3. The van der Waals surface area contributed by atoms with Gasteiger partial charge in [-0.1, -0.05) is 41.9 Å². The van der Waals surface area contributed by atoms with Crippen molar-refractivity contribution in [3.8, 4) is 0 Å². The SMILES string of the molecule is CN(c1ccccc1)C1(OCC(C=O)CCc2ccc(Cl)cc2)C=CC(=O)C=C1. The lowest BCUT2D eigenvalue weighted by atomic mass is 10.00. The van der Waals surface area contributed by atoms with Crippen LogP contribution < -0.4 is 4.90 Å². The Morgan fingerprint density at radius 3 is 2.34 bits per heavy atom. The van der Waals surface area contributed by atoms with Gasteiger partial charge in [0.15, 0.2) is 11.5 Å². The molecule has 1 atom stereocenters. The van der Waals surface area contributed by atoms with Crippen molar-refractivity contribution in [2.45, 2.75) is 18.6 Å². The Labute approximate surface area is 176 Å². The molecule has 0 fully saturated rings. The fourth-order valence-electron chi connectivity index (χ4n) is 3.22. The van der Waals surface area contributed by atoms with E-state index < -0.39 is 5.72 Å². The number of rotatable bonds is 9. The van der Waals surface area contributed by atoms with E-state index in [9.17, 15) is 9.59 Å². The number of ketones is 1. The van der Waals surface area contributed by atoms with Gasteiger partial charge >= 0.3 is 0 Å². The molecule has 0 N–H and O–H groups in total. The molecule has 0 radical (unpaired) electrons. The number of likely N-dealkylation sites (N-methyl/N-ethyl adjacent to an activating group) is 1. The average Bonchev–Trinajstić information content (AvgIpc) is 2.76. The minimum absolute atomic E-state index is 0.0830. The highest BCUT2D eigenvalue weighted by Gasteiger charge is 2.33. The highest BCUT2D eigenvalue weighted by molar-refractivity contribution is 6.30. The summed E-state index contributed by atoms with van der Waals surface area (Å²) >= 11 is 5.93. The predicted octanol–water partition coefficient (Wildman–Crippen LogP) is 4.63. The Hall–Kier alpha value is -2.69. The number of hydrogen-bond acceptors (Lipinski definition) is 4. The molecule has 2 aromatic carbocycles. The number of aldehydes is 1. The number of ether oxygens (including phenoxy) is 1. The molecule has 4 nitrogen and oxygen atoms in total. The van der Waals surface area contributed by atoms with E-state index in [2.05, 4.69) is 0 Å². The maximum Gasteiger partial charge on any atom is 0.180 e. The minimum Gasteiger partial charge on any atom is -0.348 e. The van der Waals surface area contributed by atoms with Crippen LogP contribution in [-0.4, -0.2) is 31.4 Å². The van der Waals surface area contributed by atoms with Crippen LogP contribution in [0.2, 0.25) is 5.02 Å². The summed E-state index contributed by atoms with van der Waals surface area (Å²) in [6, 6.07) is 17.4. The van der Waals surface area contributed by atoms with E-state index in [1.807, 2.05) is 66.5 Å². The van der Waals surface area contributed by atoms with Crippen LogP contribution in [-0.2, 0) is 20.7 Å². The number of benzene rings is 2. The van der Waals surface area contributed by atoms with Crippen molar-refractivity contribution in [1.82, 2.24) is 0 Å². The Morgan fingerprint density at radius 2 is 1.72 bits per heavy atom. The molecule has 0 saturated heterocycles. The van der Waals surface area contributed by atoms with Gasteiger partial charge in [-0.15, -0.1) is 0 Å². The molecule has 0 spiro atoms. The van der Waals surface area contributed by atoms with Crippen LogP contribution >= 0.6 is 11.6 Å². The lowest BCUT2D eigenvalue weighted by Gasteiger charge is -2.40. The van der Waals surface area contributed by atoms with Gasteiger partial charge in [0.1, 0.15) is 6.29 Å².